The Balaban J connectivity index is 1.41. The van der Waals surface area contributed by atoms with Gasteiger partial charge in [0.05, 0.1) is 5.92 Å². The lowest BCUT2D eigenvalue weighted by Gasteiger charge is -2.29. The quantitative estimate of drug-likeness (QED) is 0.795. The molecule has 2 aliphatic carbocycles. The van der Waals surface area contributed by atoms with E-state index in [4.69, 9.17) is 9.47 Å². The molecule has 4 aliphatic rings. The van der Waals surface area contributed by atoms with Crippen LogP contribution >= 0.6 is 0 Å². The Morgan fingerprint density at radius 2 is 1.89 bits per heavy atom. The summed E-state index contributed by atoms with van der Waals surface area (Å²) in [6.07, 6.45) is 9.83. The summed E-state index contributed by atoms with van der Waals surface area (Å²) in [5.74, 6) is -0.519. The Hall–Kier alpha value is -0.610. The van der Waals surface area contributed by atoms with Gasteiger partial charge in [-0.2, -0.15) is 0 Å². The second-order valence-corrected chi connectivity index (χ2v) is 6.90. The van der Waals surface area contributed by atoms with Gasteiger partial charge in [0.15, 0.2) is 0 Å². The van der Waals surface area contributed by atoms with Gasteiger partial charge in [0.25, 0.3) is 0 Å². The van der Waals surface area contributed by atoms with Crippen molar-refractivity contribution in [2.45, 2.75) is 69.4 Å². The van der Waals surface area contributed by atoms with Gasteiger partial charge in [0.1, 0.15) is 0 Å². The number of aliphatic carboxylic acids is 1. The monoisotopic (exact) mass is 266 g/mol. The molecule has 106 valence electrons. The normalized spacial score (nSPS) is 46.0. The molecule has 4 rings (SSSR count). The number of hydrogen-bond donors (Lipinski definition) is 1. The minimum Gasteiger partial charge on any atom is -0.481 e. The van der Waals surface area contributed by atoms with Gasteiger partial charge < -0.3 is 14.6 Å². The van der Waals surface area contributed by atoms with Gasteiger partial charge >= 0.3 is 5.97 Å². The maximum Gasteiger partial charge on any atom is 0.306 e. The first-order chi connectivity index (χ1) is 9.14. The minimum atomic E-state index is -0.610. The topological polar surface area (TPSA) is 62.4 Å². The van der Waals surface area contributed by atoms with Gasteiger partial charge in [-0.05, 0) is 24.7 Å². The van der Waals surface area contributed by atoms with Crippen molar-refractivity contribution in [3.63, 3.8) is 0 Å². The summed E-state index contributed by atoms with van der Waals surface area (Å²) >= 11 is 0. The first-order valence-electron chi connectivity index (χ1n) is 7.77. The maximum absolute atomic E-state index is 11.6. The van der Waals surface area contributed by atoms with Crippen LogP contribution in [0.15, 0.2) is 0 Å². The van der Waals surface area contributed by atoms with Gasteiger partial charge in [0, 0.05) is 12.8 Å². The molecule has 0 amide bonds. The smallest absolute Gasteiger partial charge is 0.306 e. The molecule has 0 aromatic carbocycles. The molecule has 4 heteroatoms. The van der Waals surface area contributed by atoms with Crippen LogP contribution in [0.25, 0.3) is 0 Å². The molecule has 4 nitrogen and oxygen atoms in total. The third kappa shape index (κ3) is 1.83. The molecule has 4 fully saturated rings. The number of carboxylic acids is 1. The number of hydrogen-bond acceptors (Lipinski definition) is 3. The summed E-state index contributed by atoms with van der Waals surface area (Å²) in [6, 6.07) is 0. The molecular weight excluding hydrogens is 244 g/mol. The largest absolute Gasteiger partial charge is 0.481 e. The molecule has 1 N–H and O–H groups in total. The van der Waals surface area contributed by atoms with Crippen LogP contribution in [0.3, 0.4) is 0 Å². The van der Waals surface area contributed by atoms with E-state index in [1.165, 1.54) is 32.1 Å². The summed E-state index contributed by atoms with van der Waals surface area (Å²) in [5.41, 5.74) is 0. The number of ether oxygens (including phenoxy) is 2. The Kier molecular flexibility index (Phi) is 2.53. The summed E-state index contributed by atoms with van der Waals surface area (Å²) in [7, 11) is 0. The van der Waals surface area contributed by atoms with Crippen molar-refractivity contribution in [2.24, 2.45) is 17.8 Å². The Labute approximate surface area is 113 Å². The SMILES string of the molecule is O=C(O)C(CC1CCCCC1)C1CCC23OC2(C1)O3. The highest BCUT2D eigenvalue weighted by Gasteiger charge is 2.91. The molecule has 0 radical (unpaired) electrons. The predicted octanol–water partition coefficient (Wildman–Crippen LogP) is 2.91. The van der Waals surface area contributed by atoms with Crippen LogP contribution in [0.5, 0.6) is 0 Å². The third-order valence-corrected chi connectivity index (χ3v) is 5.73. The maximum atomic E-state index is 11.6. The van der Waals surface area contributed by atoms with Gasteiger partial charge in [-0.3, -0.25) is 4.79 Å². The second kappa shape index (κ2) is 3.95. The highest BCUT2D eigenvalue weighted by Crippen LogP contribution is 2.75. The van der Waals surface area contributed by atoms with Crippen LogP contribution in [-0.2, 0) is 14.3 Å². The second-order valence-electron chi connectivity index (χ2n) is 6.90. The first-order valence-corrected chi connectivity index (χ1v) is 7.77. The van der Waals surface area contributed by atoms with Crippen LogP contribution < -0.4 is 0 Å². The summed E-state index contributed by atoms with van der Waals surface area (Å²) in [4.78, 5) is 11.6. The van der Waals surface area contributed by atoms with Crippen molar-refractivity contribution in [1.29, 1.82) is 0 Å². The van der Waals surface area contributed by atoms with Crippen LogP contribution in [0.1, 0.15) is 57.8 Å². The molecule has 2 saturated heterocycles. The summed E-state index contributed by atoms with van der Waals surface area (Å²) in [6.45, 7) is 0. The van der Waals surface area contributed by atoms with Crippen LogP contribution in [0.4, 0.5) is 0 Å². The lowest BCUT2D eigenvalue weighted by Crippen LogP contribution is -2.30. The minimum absolute atomic E-state index is 0.191. The van der Waals surface area contributed by atoms with Gasteiger partial charge in [-0.15, -0.1) is 0 Å². The van der Waals surface area contributed by atoms with Crippen molar-refractivity contribution >= 4 is 5.97 Å². The predicted molar refractivity (Wildman–Crippen MR) is 67.3 cm³/mol. The third-order valence-electron chi connectivity index (χ3n) is 5.73. The van der Waals surface area contributed by atoms with E-state index in [0.29, 0.717) is 5.92 Å². The summed E-state index contributed by atoms with van der Waals surface area (Å²) in [5, 5.41) is 9.57. The molecule has 2 atom stereocenters. The number of epoxide rings is 2. The molecule has 0 aromatic rings. The molecule has 0 bridgehead atoms. The lowest BCUT2D eigenvalue weighted by molar-refractivity contribution is -0.145. The van der Waals surface area contributed by atoms with Crippen molar-refractivity contribution in [3.05, 3.63) is 0 Å². The Morgan fingerprint density at radius 1 is 1.16 bits per heavy atom. The van der Waals surface area contributed by atoms with E-state index < -0.39 is 5.97 Å². The molecule has 0 aromatic heterocycles. The number of carbonyl (C=O) groups is 1. The fourth-order valence-electron chi connectivity index (χ4n) is 4.46. The Morgan fingerprint density at radius 3 is 2.53 bits per heavy atom. The van der Waals surface area contributed by atoms with Crippen molar-refractivity contribution in [2.75, 3.05) is 0 Å². The van der Waals surface area contributed by atoms with E-state index in [1.54, 1.807) is 0 Å². The molecule has 2 unspecified atom stereocenters. The summed E-state index contributed by atoms with van der Waals surface area (Å²) < 4.78 is 11.2. The van der Waals surface area contributed by atoms with E-state index in [2.05, 4.69) is 0 Å². The Bertz CT molecular complexity index is 393. The zero-order valence-electron chi connectivity index (χ0n) is 11.3. The lowest BCUT2D eigenvalue weighted by atomic mass is 9.73. The van der Waals surface area contributed by atoms with E-state index >= 15 is 0 Å². The van der Waals surface area contributed by atoms with E-state index in [1.807, 2.05) is 0 Å². The van der Waals surface area contributed by atoms with Crippen LogP contribution in [0.2, 0.25) is 0 Å². The zero-order valence-corrected chi connectivity index (χ0v) is 11.3. The van der Waals surface area contributed by atoms with E-state index in [9.17, 15) is 9.90 Å². The van der Waals surface area contributed by atoms with E-state index in [-0.39, 0.29) is 23.4 Å². The standard InChI is InChI=1S/C15H22O4/c16-13(17)12(8-10-4-2-1-3-5-10)11-6-7-14-15(9-11,18-14)19-14/h10-12H,1-9H2,(H,16,17). The van der Waals surface area contributed by atoms with Gasteiger partial charge in [0.2, 0.25) is 11.6 Å². The zero-order chi connectivity index (χ0) is 13.1. The highest BCUT2D eigenvalue weighted by molar-refractivity contribution is 5.70. The fourth-order valence-corrected chi connectivity index (χ4v) is 4.46. The average molecular weight is 266 g/mol. The first kappa shape index (κ1) is 12.2. The van der Waals surface area contributed by atoms with Crippen molar-refractivity contribution in [1.82, 2.24) is 0 Å². The fraction of sp³-hybridized carbons (Fsp3) is 0.933. The van der Waals surface area contributed by atoms with Crippen LogP contribution in [0, 0.1) is 17.8 Å². The van der Waals surface area contributed by atoms with E-state index in [0.717, 1.165) is 25.7 Å². The van der Waals surface area contributed by atoms with Crippen molar-refractivity contribution in [3.8, 4) is 0 Å². The molecule has 2 aliphatic heterocycles. The number of carboxylic acid groups (broad SMARTS) is 1. The molecule has 0 spiro atoms. The van der Waals surface area contributed by atoms with Gasteiger partial charge in [-0.1, -0.05) is 32.1 Å². The highest BCUT2D eigenvalue weighted by atomic mass is 17.0. The van der Waals surface area contributed by atoms with Gasteiger partial charge in [-0.25, -0.2) is 0 Å². The molecular formula is C15H22O4. The number of rotatable bonds is 4. The van der Waals surface area contributed by atoms with Crippen molar-refractivity contribution < 1.29 is 19.4 Å². The molecule has 2 saturated carbocycles. The van der Waals surface area contributed by atoms with Crippen LogP contribution in [-0.4, -0.2) is 22.7 Å². The molecule has 19 heavy (non-hydrogen) atoms. The average Bonchev–Trinajstić information content (AvgIpc) is 3.22. The molecule has 2 heterocycles.